The molecule has 0 aliphatic heterocycles. The molecule has 0 bridgehead atoms. The first-order valence-electron chi connectivity index (χ1n) is 4.88. The van der Waals surface area contributed by atoms with Gasteiger partial charge in [-0.2, -0.15) is 11.8 Å². The smallest absolute Gasteiger partial charge is 0.0271 e. The highest BCUT2D eigenvalue weighted by molar-refractivity contribution is 7.98. The van der Waals surface area contributed by atoms with Crippen molar-refractivity contribution in [2.24, 2.45) is 0 Å². The summed E-state index contributed by atoms with van der Waals surface area (Å²) in [6, 6.07) is 0. The number of nitrogens with zero attached hydrogens (tertiary/aromatic N) is 1. The van der Waals surface area contributed by atoms with Crippen molar-refractivity contribution in [1.82, 2.24) is 10.2 Å². The molecule has 13 heavy (non-hydrogen) atoms. The summed E-state index contributed by atoms with van der Waals surface area (Å²) in [4.78, 5) is 2.26. The molecule has 1 N–H and O–H groups in total. The van der Waals surface area contributed by atoms with Crippen molar-refractivity contribution in [3.05, 3.63) is 0 Å². The van der Waals surface area contributed by atoms with Crippen LogP contribution in [0.1, 0.15) is 20.3 Å². The van der Waals surface area contributed by atoms with Crippen LogP contribution in [0, 0.1) is 0 Å². The zero-order valence-electron chi connectivity index (χ0n) is 9.68. The van der Waals surface area contributed by atoms with E-state index in [1.165, 1.54) is 12.2 Å². The Morgan fingerprint density at radius 1 is 1.31 bits per heavy atom. The summed E-state index contributed by atoms with van der Waals surface area (Å²) < 4.78 is 0. The molecular weight excluding hydrogens is 180 g/mol. The molecule has 0 spiro atoms. The minimum atomic E-state index is 0.263. The molecule has 80 valence electrons. The van der Waals surface area contributed by atoms with E-state index in [9.17, 15) is 0 Å². The van der Waals surface area contributed by atoms with Crippen molar-refractivity contribution >= 4 is 11.8 Å². The van der Waals surface area contributed by atoms with E-state index < -0.39 is 0 Å². The van der Waals surface area contributed by atoms with Gasteiger partial charge in [0.2, 0.25) is 0 Å². The molecule has 0 amide bonds. The maximum absolute atomic E-state index is 3.49. The monoisotopic (exact) mass is 204 g/mol. The lowest BCUT2D eigenvalue weighted by molar-refractivity contribution is 0.190. The lowest BCUT2D eigenvalue weighted by Gasteiger charge is -2.32. The lowest BCUT2D eigenvalue weighted by atomic mass is 10.0. The molecule has 0 radical (unpaired) electrons. The van der Waals surface area contributed by atoms with Crippen LogP contribution in [0.15, 0.2) is 0 Å². The summed E-state index contributed by atoms with van der Waals surface area (Å²) >= 11 is 1.92. The maximum atomic E-state index is 3.49. The number of hydrogen-bond acceptors (Lipinski definition) is 3. The van der Waals surface area contributed by atoms with E-state index in [0.717, 1.165) is 13.1 Å². The summed E-state index contributed by atoms with van der Waals surface area (Å²) in [6.07, 6.45) is 3.43. The van der Waals surface area contributed by atoms with Gasteiger partial charge >= 0.3 is 0 Å². The Kier molecular flexibility index (Phi) is 6.82. The van der Waals surface area contributed by atoms with Crippen molar-refractivity contribution in [2.45, 2.75) is 25.8 Å². The van der Waals surface area contributed by atoms with Crippen LogP contribution in [-0.4, -0.2) is 49.6 Å². The van der Waals surface area contributed by atoms with Crippen LogP contribution in [-0.2, 0) is 0 Å². The predicted molar refractivity (Wildman–Crippen MR) is 63.6 cm³/mol. The fraction of sp³-hybridized carbons (Fsp3) is 1.00. The highest BCUT2D eigenvalue weighted by Crippen LogP contribution is 2.07. The van der Waals surface area contributed by atoms with E-state index in [4.69, 9.17) is 0 Å². The summed E-state index contributed by atoms with van der Waals surface area (Å²) in [6.45, 7) is 6.72. The molecule has 2 nitrogen and oxygen atoms in total. The minimum Gasteiger partial charge on any atom is -0.315 e. The normalized spacial score (nSPS) is 12.5. The Hall–Kier alpha value is 0.270. The van der Waals surface area contributed by atoms with Crippen LogP contribution in [0.2, 0.25) is 0 Å². The lowest BCUT2D eigenvalue weighted by Crippen LogP contribution is -2.46. The molecule has 0 saturated carbocycles. The number of hydrogen-bond donors (Lipinski definition) is 1. The van der Waals surface area contributed by atoms with Crippen LogP contribution in [0.5, 0.6) is 0 Å². The van der Waals surface area contributed by atoms with Gasteiger partial charge in [0.05, 0.1) is 0 Å². The molecular formula is C10H24N2S. The van der Waals surface area contributed by atoms with Crippen molar-refractivity contribution in [2.75, 3.05) is 39.2 Å². The Labute approximate surface area is 87.5 Å². The number of rotatable bonds is 7. The first kappa shape index (κ1) is 13.3. The second-order valence-electron chi connectivity index (χ2n) is 4.23. The van der Waals surface area contributed by atoms with Crippen LogP contribution < -0.4 is 5.32 Å². The van der Waals surface area contributed by atoms with Gasteiger partial charge in [-0.05, 0) is 52.9 Å². The quantitative estimate of drug-likeness (QED) is 0.635. The molecule has 0 rings (SSSR count). The van der Waals surface area contributed by atoms with Gasteiger partial charge in [0.1, 0.15) is 0 Å². The van der Waals surface area contributed by atoms with E-state index in [1.807, 2.05) is 11.8 Å². The number of nitrogens with one attached hydrogen (secondary N) is 1. The van der Waals surface area contributed by atoms with Gasteiger partial charge in [0, 0.05) is 12.1 Å². The third kappa shape index (κ3) is 6.36. The molecule has 0 heterocycles. The van der Waals surface area contributed by atoms with Crippen LogP contribution >= 0.6 is 11.8 Å². The standard InChI is InChI=1S/C10H24N2S/c1-10(2,12(3)4)9-11-7-6-8-13-5/h11H,6-9H2,1-5H3. The zero-order valence-corrected chi connectivity index (χ0v) is 10.5. The molecule has 0 aliphatic rings. The Bertz CT molecular complexity index is 124. The van der Waals surface area contributed by atoms with Crippen LogP contribution in [0.3, 0.4) is 0 Å². The molecule has 0 aliphatic carbocycles. The SMILES string of the molecule is CSCCCNCC(C)(C)N(C)C. The van der Waals surface area contributed by atoms with Gasteiger partial charge < -0.3 is 10.2 Å². The Morgan fingerprint density at radius 2 is 1.92 bits per heavy atom. The van der Waals surface area contributed by atoms with Gasteiger partial charge in [-0.3, -0.25) is 0 Å². The van der Waals surface area contributed by atoms with E-state index in [1.54, 1.807) is 0 Å². The third-order valence-corrected chi connectivity index (χ3v) is 3.17. The zero-order chi connectivity index (χ0) is 10.3. The van der Waals surface area contributed by atoms with Crippen molar-refractivity contribution in [3.8, 4) is 0 Å². The van der Waals surface area contributed by atoms with E-state index >= 15 is 0 Å². The van der Waals surface area contributed by atoms with Crippen molar-refractivity contribution < 1.29 is 0 Å². The molecule has 3 heteroatoms. The second kappa shape index (κ2) is 6.68. The first-order valence-corrected chi connectivity index (χ1v) is 6.27. The van der Waals surface area contributed by atoms with Gasteiger partial charge in [-0.25, -0.2) is 0 Å². The Balaban J connectivity index is 3.41. The third-order valence-electron chi connectivity index (χ3n) is 2.47. The van der Waals surface area contributed by atoms with E-state index in [2.05, 4.69) is 44.4 Å². The highest BCUT2D eigenvalue weighted by Gasteiger charge is 2.18. The molecule has 0 atom stereocenters. The molecule has 0 aromatic rings. The van der Waals surface area contributed by atoms with Gasteiger partial charge in [-0.15, -0.1) is 0 Å². The fourth-order valence-electron chi connectivity index (χ4n) is 0.894. The largest absolute Gasteiger partial charge is 0.315 e. The average molecular weight is 204 g/mol. The Morgan fingerprint density at radius 3 is 2.38 bits per heavy atom. The molecule has 0 aromatic heterocycles. The van der Waals surface area contributed by atoms with Crippen LogP contribution in [0.4, 0.5) is 0 Å². The second-order valence-corrected chi connectivity index (χ2v) is 5.22. The van der Waals surface area contributed by atoms with E-state index in [-0.39, 0.29) is 5.54 Å². The van der Waals surface area contributed by atoms with Gasteiger partial charge in [-0.1, -0.05) is 0 Å². The molecule has 0 saturated heterocycles. The van der Waals surface area contributed by atoms with Crippen LogP contribution in [0.25, 0.3) is 0 Å². The molecule has 0 aromatic carbocycles. The minimum absolute atomic E-state index is 0.263. The summed E-state index contributed by atoms with van der Waals surface area (Å²) in [7, 11) is 4.26. The summed E-state index contributed by atoms with van der Waals surface area (Å²) in [5, 5.41) is 3.49. The van der Waals surface area contributed by atoms with Gasteiger partial charge in [0.15, 0.2) is 0 Å². The fourth-order valence-corrected chi connectivity index (χ4v) is 1.33. The van der Waals surface area contributed by atoms with E-state index in [0.29, 0.717) is 0 Å². The van der Waals surface area contributed by atoms with Gasteiger partial charge in [0.25, 0.3) is 0 Å². The van der Waals surface area contributed by atoms with Crippen molar-refractivity contribution in [1.29, 1.82) is 0 Å². The molecule has 0 unspecified atom stereocenters. The van der Waals surface area contributed by atoms with Crippen molar-refractivity contribution in [3.63, 3.8) is 0 Å². The topological polar surface area (TPSA) is 15.3 Å². The average Bonchev–Trinajstić information content (AvgIpc) is 2.03. The number of thioether (sulfide) groups is 1. The predicted octanol–water partition coefficient (Wildman–Crippen LogP) is 1.67. The maximum Gasteiger partial charge on any atom is 0.0271 e. The molecule has 0 fully saturated rings. The number of likely N-dealkylation sites (N-methyl/N-ethyl adjacent to an activating group) is 1. The highest BCUT2D eigenvalue weighted by atomic mass is 32.2. The summed E-state index contributed by atoms with van der Waals surface area (Å²) in [5.41, 5.74) is 0.263. The first-order chi connectivity index (χ1) is 6.00. The summed E-state index contributed by atoms with van der Waals surface area (Å²) in [5.74, 6) is 1.26.